The third-order valence-corrected chi connectivity index (χ3v) is 1.99. The summed E-state index contributed by atoms with van der Waals surface area (Å²) in [5.41, 5.74) is 0.248. The van der Waals surface area contributed by atoms with Gasteiger partial charge in [-0.25, -0.2) is 0 Å². The van der Waals surface area contributed by atoms with Gasteiger partial charge in [0.2, 0.25) is 0 Å². The molecule has 0 radical (unpaired) electrons. The highest BCUT2D eigenvalue weighted by Crippen LogP contribution is 2.14. The number of thiazole rings is 1. The Balaban J connectivity index is 2.50. The molecule has 78 valence electrons. The molecule has 0 bridgehead atoms. The van der Waals surface area contributed by atoms with E-state index in [2.05, 4.69) is 4.98 Å². The van der Waals surface area contributed by atoms with Crippen molar-refractivity contribution in [2.45, 2.75) is 12.7 Å². The molecule has 1 rings (SSSR count). The van der Waals surface area contributed by atoms with Crippen LogP contribution in [0, 0.1) is 0 Å². The fourth-order valence-corrected chi connectivity index (χ4v) is 1.26. The molecule has 8 heteroatoms. The van der Waals surface area contributed by atoms with Gasteiger partial charge in [-0.3, -0.25) is 9.59 Å². The van der Waals surface area contributed by atoms with Crippen LogP contribution in [0.4, 0.5) is 13.2 Å². The fraction of sp³-hybridized carbons (Fsp3) is 0.333. The zero-order chi connectivity index (χ0) is 10.8. The van der Waals surface area contributed by atoms with Gasteiger partial charge in [0, 0.05) is 11.1 Å². The Bertz CT molecular complexity index is 381. The van der Waals surface area contributed by atoms with Gasteiger partial charge in [0.1, 0.15) is 0 Å². The summed E-state index contributed by atoms with van der Waals surface area (Å²) in [6.07, 6.45) is -4.89. The molecule has 2 N–H and O–H groups in total. The maximum absolute atomic E-state index is 11.7. The number of carbonyl (C=O) groups excluding carboxylic acids is 1. The maximum atomic E-state index is 11.7. The van der Waals surface area contributed by atoms with Crippen molar-refractivity contribution < 1.29 is 18.0 Å². The Morgan fingerprint density at radius 2 is 2.21 bits per heavy atom. The van der Waals surface area contributed by atoms with Gasteiger partial charge in [-0.15, -0.1) is 0 Å². The Morgan fingerprint density at radius 1 is 1.57 bits per heavy atom. The van der Waals surface area contributed by atoms with Crippen LogP contribution in [-0.4, -0.2) is 17.1 Å². The van der Waals surface area contributed by atoms with Crippen LogP contribution in [0.15, 0.2) is 10.2 Å². The zero-order valence-corrected chi connectivity index (χ0v) is 7.46. The Kier molecular flexibility index (Phi) is 2.94. The summed E-state index contributed by atoms with van der Waals surface area (Å²) in [7, 11) is 0. The average Bonchev–Trinajstić information content (AvgIpc) is 2.45. The molecule has 1 aromatic rings. The van der Waals surface area contributed by atoms with Crippen LogP contribution in [0.5, 0.6) is 0 Å². The second kappa shape index (κ2) is 3.82. The molecule has 0 aliphatic rings. The normalized spacial score (nSPS) is 11.4. The molecule has 4 nitrogen and oxygen atoms in total. The molecule has 0 unspecified atom stereocenters. The molecular formula is C6H5F3N2O2S. The topological polar surface area (TPSA) is 62.0 Å². The van der Waals surface area contributed by atoms with Crippen LogP contribution in [0.2, 0.25) is 0 Å². The van der Waals surface area contributed by atoms with E-state index < -0.39 is 12.1 Å². The van der Waals surface area contributed by atoms with Gasteiger partial charge in [0.05, 0.1) is 6.54 Å². The summed E-state index contributed by atoms with van der Waals surface area (Å²) < 4.78 is 35.0. The number of aromatic amines is 1. The lowest BCUT2D eigenvalue weighted by Crippen LogP contribution is -2.36. The highest BCUT2D eigenvalue weighted by atomic mass is 32.1. The van der Waals surface area contributed by atoms with E-state index in [0.717, 1.165) is 11.3 Å². The molecule has 0 atom stereocenters. The van der Waals surface area contributed by atoms with Gasteiger partial charge in [0.15, 0.2) is 0 Å². The molecule has 0 aliphatic heterocycles. The first-order chi connectivity index (χ1) is 6.39. The van der Waals surface area contributed by atoms with Crippen molar-refractivity contribution in [3.63, 3.8) is 0 Å². The highest BCUT2D eigenvalue weighted by Gasteiger charge is 2.38. The third-order valence-electron chi connectivity index (χ3n) is 1.27. The Morgan fingerprint density at radius 3 is 2.64 bits per heavy atom. The van der Waals surface area contributed by atoms with Crippen molar-refractivity contribution in [2.75, 3.05) is 0 Å². The van der Waals surface area contributed by atoms with E-state index in [0.29, 0.717) is 0 Å². The highest BCUT2D eigenvalue weighted by molar-refractivity contribution is 7.07. The lowest BCUT2D eigenvalue weighted by molar-refractivity contribution is -0.173. The van der Waals surface area contributed by atoms with E-state index >= 15 is 0 Å². The van der Waals surface area contributed by atoms with E-state index in [1.807, 2.05) is 0 Å². The predicted molar refractivity (Wildman–Crippen MR) is 42.8 cm³/mol. The SMILES string of the molecule is O=C(NCc1csc(=O)[nH]1)C(F)(F)F. The summed E-state index contributed by atoms with van der Waals surface area (Å²) >= 11 is 0.820. The first-order valence-electron chi connectivity index (χ1n) is 3.41. The number of amides is 1. The number of rotatable bonds is 2. The van der Waals surface area contributed by atoms with Gasteiger partial charge in [0.25, 0.3) is 0 Å². The fourth-order valence-electron chi connectivity index (χ4n) is 0.676. The minimum absolute atomic E-state index is 0.248. The number of H-pyrrole nitrogens is 1. The van der Waals surface area contributed by atoms with E-state index in [1.54, 1.807) is 5.32 Å². The molecule has 0 fully saturated rings. The molecule has 14 heavy (non-hydrogen) atoms. The van der Waals surface area contributed by atoms with Crippen molar-refractivity contribution in [1.82, 2.24) is 10.3 Å². The van der Waals surface area contributed by atoms with Crippen LogP contribution < -0.4 is 10.2 Å². The largest absolute Gasteiger partial charge is 0.471 e. The number of alkyl halides is 3. The van der Waals surface area contributed by atoms with Gasteiger partial charge >= 0.3 is 17.0 Å². The quantitative estimate of drug-likeness (QED) is 0.776. The standard InChI is InChI=1S/C6H5F3N2O2S/c7-6(8,9)4(12)10-1-3-2-14-5(13)11-3/h2H,1H2,(H,10,12)(H,11,13). The van der Waals surface area contributed by atoms with Crippen LogP contribution in [0.3, 0.4) is 0 Å². The molecule has 1 heterocycles. The van der Waals surface area contributed by atoms with Crippen molar-refractivity contribution in [1.29, 1.82) is 0 Å². The number of carbonyl (C=O) groups is 1. The lowest BCUT2D eigenvalue weighted by atomic mass is 10.4. The molecule has 0 saturated carbocycles. The number of hydrogen-bond donors (Lipinski definition) is 2. The van der Waals surface area contributed by atoms with E-state index in [1.165, 1.54) is 5.38 Å². The zero-order valence-electron chi connectivity index (χ0n) is 6.64. The smallest absolute Gasteiger partial charge is 0.343 e. The first kappa shape index (κ1) is 10.8. The molecule has 0 aromatic carbocycles. The molecular weight excluding hydrogens is 221 g/mol. The molecule has 0 saturated heterocycles. The van der Waals surface area contributed by atoms with E-state index in [4.69, 9.17) is 0 Å². The summed E-state index contributed by atoms with van der Waals surface area (Å²) in [4.78, 5) is 22.8. The van der Waals surface area contributed by atoms with Crippen LogP contribution in [0.25, 0.3) is 0 Å². The number of hydrogen-bond acceptors (Lipinski definition) is 3. The van der Waals surface area contributed by atoms with Crippen LogP contribution in [0.1, 0.15) is 5.69 Å². The molecule has 1 aromatic heterocycles. The van der Waals surface area contributed by atoms with Crippen molar-refractivity contribution in [3.8, 4) is 0 Å². The summed E-state index contributed by atoms with van der Waals surface area (Å²) in [6.45, 7) is -0.336. The second-order valence-corrected chi connectivity index (χ2v) is 3.20. The summed E-state index contributed by atoms with van der Waals surface area (Å²) in [5, 5.41) is 2.97. The van der Waals surface area contributed by atoms with Crippen molar-refractivity contribution >= 4 is 17.2 Å². The van der Waals surface area contributed by atoms with Gasteiger partial charge in [-0.1, -0.05) is 11.3 Å². The van der Waals surface area contributed by atoms with E-state index in [9.17, 15) is 22.8 Å². The van der Waals surface area contributed by atoms with Crippen molar-refractivity contribution in [2.24, 2.45) is 0 Å². The van der Waals surface area contributed by atoms with Gasteiger partial charge in [-0.05, 0) is 0 Å². The predicted octanol–water partition coefficient (Wildman–Crippen LogP) is 0.615. The monoisotopic (exact) mass is 226 g/mol. The minimum atomic E-state index is -4.89. The number of aromatic nitrogens is 1. The summed E-state index contributed by atoms with van der Waals surface area (Å²) in [6, 6.07) is 0. The number of halogens is 3. The van der Waals surface area contributed by atoms with E-state index in [-0.39, 0.29) is 17.1 Å². The second-order valence-electron chi connectivity index (χ2n) is 2.35. The molecule has 0 spiro atoms. The van der Waals surface area contributed by atoms with Gasteiger partial charge < -0.3 is 10.3 Å². The summed E-state index contributed by atoms with van der Waals surface area (Å²) in [5.74, 6) is -2.02. The average molecular weight is 226 g/mol. The third kappa shape index (κ3) is 2.87. The Labute approximate surface area is 79.8 Å². The van der Waals surface area contributed by atoms with Crippen LogP contribution >= 0.6 is 11.3 Å². The Hall–Kier alpha value is -1.31. The minimum Gasteiger partial charge on any atom is -0.343 e. The van der Waals surface area contributed by atoms with Crippen molar-refractivity contribution in [3.05, 3.63) is 20.7 Å². The first-order valence-corrected chi connectivity index (χ1v) is 4.29. The maximum Gasteiger partial charge on any atom is 0.471 e. The molecule has 0 aliphatic carbocycles. The molecule has 1 amide bonds. The van der Waals surface area contributed by atoms with Gasteiger partial charge in [-0.2, -0.15) is 13.2 Å². The lowest BCUT2D eigenvalue weighted by Gasteiger charge is -2.05. The number of nitrogens with one attached hydrogen (secondary N) is 2. The van der Waals surface area contributed by atoms with Crippen LogP contribution in [-0.2, 0) is 11.3 Å².